The predicted molar refractivity (Wildman–Crippen MR) is 73.0 cm³/mol. The molecule has 1 heterocycles. The van der Waals surface area contributed by atoms with E-state index in [1.807, 2.05) is 0 Å². The summed E-state index contributed by atoms with van der Waals surface area (Å²) in [6.45, 7) is 0.358. The quantitative estimate of drug-likeness (QED) is 0.810. The Labute approximate surface area is 114 Å². The van der Waals surface area contributed by atoms with Crippen LogP contribution in [0.4, 0.5) is 0 Å². The van der Waals surface area contributed by atoms with E-state index in [2.05, 4.69) is 9.97 Å². The van der Waals surface area contributed by atoms with Gasteiger partial charge in [0.25, 0.3) is 10.0 Å². The van der Waals surface area contributed by atoms with Crippen LogP contribution in [0.3, 0.4) is 0 Å². The van der Waals surface area contributed by atoms with Gasteiger partial charge in [-0.2, -0.15) is 4.31 Å². The third kappa shape index (κ3) is 2.68. The molecule has 1 aliphatic rings. The van der Waals surface area contributed by atoms with Gasteiger partial charge < -0.3 is 10.7 Å². The summed E-state index contributed by atoms with van der Waals surface area (Å²) in [7, 11) is -1.91. The van der Waals surface area contributed by atoms with Crippen LogP contribution in [-0.4, -0.2) is 41.8 Å². The molecule has 6 nitrogen and oxygen atoms in total. The normalized spacial score (nSPS) is 20.4. The first-order valence-corrected chi connectivity index (χ1v) is 8.14. The van der Waals surface area contributed by atoms with Gasteiger partial charge in [-0.05, 0) is 12.8 Å². The van der Waals surface area contributed by atoms with Crippen molar-refractivity contribution in [3.05, 3.63) is 12.5 Å². The van der Waals surface area contributed by atoms with Crippen molar-refractivity contribution in [3.63, 3.8) is 0 Å². The molecular formula is C12H22N4O2S. The highest BCUT2D eigenvalue weighted by molar-refractivity contribution is 7.89. The maximum atomic E-state index is 12.6. The summed E-state index contributed by atoms with van der Waals surface area (Å²) >= 11 is 0. The van der Waals surface area contributed by atoms with E-state index in [-0.39, 0.29) is 5.03 Å². The molecule has 1 aliphatic carbocycles. The van der Waals surface area contributed by atoms with Crippen LogP contribution in [0.15, 0.2) is 17.6 Å². The number of nitrogens with one attached hydrogen (secondary N) is 1. The zero-order valence-corrected chi connectivity index (χ0v) is 12.1. The topological polar surface area (TPSA) is 92.1 Å². The lowest BCUT2D eigenvalue weighted by Gasteiger charge is -2.39. The Hall–Kier alpha value is -0.920. The van der Waals surface area contributed by atoms with E-state index in [1.165, 1.54) is 16.8 Å². The standard InChI is InChI=1S/C12H22N4O2S/c1-16(19(17,18)11-8-14-10-15-11)12(9-13)6-4-2-3-5-7-12/h8,10H,2-7,9,13H2,1H3,(H,14,15). The molecule has 1 aromatic heterocycles. The number of imidazole rings is 1. The summed E-state index contributed by atoms with van der Waals surface area (Å²) in [5, 5.41) is 0.132. The molecule has 0 saturated heterocycles. The van der Waals surface area contributed by atoms with Gasteiger partial charge in [0.15, 0.2) is 5.03 Å². The largest absolute Gasteiger partial charge is 0.335 e. The van der Waals surface area contributed by atoms with Crippen LogP contribution in [0.1, 0.15) is 38.5 Å². The maximum absolute atomic E-state index is 12.6. The Kier molecular flexibility index (Phi) is 4.27. The van der Waals surface area contributed by atoms with E-state index in [0.717, 1.165) is 38.5 Å². The molecule has 19 heavy (non-hydrogen) atoms. The highest BCUT2D eigenvalue weighted by Gasteiger charge is 2.41. The summed E-state index contributed by atoms with van der Waals surface area (Å²) in [4.78, 5) is 6.46. The number of aromatic nitrogens is 2. The molecule has 0 spiro atoms. The molecule has 0 unspecified atom stereocenters. The summed E-state index contributed by atoms with van der Waals surface area (Å²) in [5.74, 6) is 0. The third-order valence-electron chi connectivity index (χ3n) is 4.19. The van der Waals surface area contributed by atoms with Gasteiger partial charge in [-0.15, -0.1) is 0 Å². The van der Waals surface area contributed by atoms with Crippen molar-refractivity contribution in [1.82, 2.24) is 14.3 Å². The van der Waals surface area contributed by atoms with E-state index in [4.69, 9.17) is 5.73 Å². The molecule has 7 heteroatoms. The molecule has 108 valence electrons. The van der Waals surface area contributed by atoms with E-state index < -0.39 is 15.6 Å². The number of nitrogens with zero attached hydrogens (tertiary/aromatic N) is 2. The lowest BCUT2D eigenvalue weighted by molar-refractivity contribution is 0.195. The minimum absolute atomic E-state index is 0.132. The van der Waals surface area contributed by atoms with Crippen LogP contribution in [0.5, 0.6) is 0 Å². The van der Waals surface area contributed by atoms with E-state index in [1.54, 1.807) is 7.05 Å². The number of sulfonamides is 1. The van der Waals surface area contributed by atoms with E-state index in [9.17, 15) is 8.42 Å². The van der Waals surface area contributed by atoms with Gasteiger partial charge in [-0.3, -0.25) is 0 Å². The Balaban J connectivity index is 2.32. The number of hydrogen-bond donors (Lipinski definition) is 2. The van der Waals surface area contributed by atoms with Crippen molar-refractivity contribution in [2.24, 2.45) is 5.73 Å². The molecule has 3 N–H and O–H groups in total. The molecule has 0 atom stereocenters. The average Bonchev–Trinajstić information content (AvgIpc) is 2.84. The van der Waals surface area contributed by atoms with Gasteiger partial charge in [0.2, 0.25) is 0 Å². The lowest BCUT2D eigenvalue weighted by Crippen LogP contribution is -2.54. The zero-order valence-electron chi connectivity index (χ0n) is 11.3. The average molecular weight is 286 g/mol. The van der Waals surface area contributed by atoms with Crippen LogP contribution in [-0.2, 0) is 10.0 Å². The highest BCUT2D eigenvalue weighted by Crippen LogP contribution is 2.34. The van der Waals surface area contributed by atoms with Gasteiger partial charge in [0.1, 0.15) is 0 Å². The van der Waals surface area contributed by atoms with Gasteiger partial charge in [-0.1, -0.05) is 25.7 Å². The van der Waals surface area contributed by atoms with Gasteiger partial charge in [0, 0.05) is 19.1 Å². The minimum atomic E-state index is -3.55. The summed E-state index contributed by atoms with van der Waals surface area (Å²) in [6, 6.07) is 0. The SMILES string of the molecule is CN(C1(CN)CCCCCC1)S(=O)(=O)c1cnc[nH]1. The summed E-state index contributed by atoms with van der Waals surface area (Å²) in [6.07, 6.45) is 8.73. The van der Waals surface area contributed by atoms with Crippen LogP contribution in [0, 0.1) is 0 Å². The molecule has 1 fully saturated rings. The van der Waals surface area contributed by atoms with E-state index >= 15 is 0 Å². The molecule has 1 saturated carbocycles. The molecule has 0 radical (unpaired) electrons. The van der Waals surface area contributed by atoms with Crippen molar-refractivity contribution >= 4 is 10.0 Å². The van der Waals surface area contributed by atoms with Crippen molar-refractivity contribution < 1.29 is 8.42 Å². The van der Waals surface area contributed by atoms with Gasteiger partial charge in [-0.25, -0.2) is 13.4 Å². The molecule has 0 bridgehead atoms. The highest BCUT2D eigenvalue weighted by atomic mass is 32.2. The van der Waals surface area contributed by atoms with Gasteiger partial charge >= 0.3 is 0 Å². The number of H-pyrrole nitrogens is 1. The third-order valence-corrected chi connectivity index (χ3v) is 6.08. The second-order valence-electron chi connectivity index (χ2n) is 5.23. The maximum Gasteiger partial charge on any atom is 0.260 e. The van der Waals surface area contributed by atoms with Gasteiger partial charge in [0.05, 0.1) is 12.5 Å². The van der Waals surface area contributed by atoms with Crippen molar-refractivity contribution in [1.29, 1.82) is 0 Å². The summed E-state index contributed by atoms with van der Waals surface area (Å²) in [5.41, 5.74) is 5.47. The van der Waals surface area contributed by atoms with Crippen LogP contribution < -0.4 is 5.73 Å². The fourth-order valence-corrected chi connectivity index (χ4v) is 4.28. The zero-order chi connectivity index (χ0) is 13.9. The van der Waals surface area contributed by atoms with Crippen molar-refractivity contribution in [2.45, 2.75) is 49.1 Å². The summed E-state index contributed by atoms with van der Waals surface area (Å²) < 4.78 is 26.6. The van der Waals surface area contributed by atoms with Crippen LogP contribution in [0.2, 0.25) is 0 Å². The molecule has 0 amide bonds. The lowest BCUT2D eigenvalue weighted by atomic mass is 9.90. The number of nitrogens with two attached hydrogens (primary N) is 1. The van der Waals surface area contributed by atoms with Crippen molar-refractivity contribution in [3.8, 4) is 0 Å². The molecular weight excluding hydrogens is 264 g/mol. The second-order valence-corrected chi connectivity index (χ2v) is 7.17. The molecule has 2 rings (SSSR count). The number of aromatic amines is 1. The predicted octanol–water partition coefficient (Wildman–Crippen LogP) is 1.08. The molecule has 0 aliphatic heterocycles. The first-order valence-electron chi connectivity index (χ1n) is 6.70. The molecule has 1 aromatic rings. The van der Waals surface area contributed by atoms with Crippen LogP contribution in [0.25, 0.3) is 0 Å². The first-order chi connectivity index (χ1) is 9.03. The fraction of sp³-hybridized carbons (Fsp3) is 0.750. The fourth-order valence-electron chi connectivity index (χ4n) is 2.82. The number of rotatable bonds is 4. The monoisotopic (exact) mass is 286 g/mol. The van der Waals surface area contributed by atoms with E-state index in [0.29, 0.717) is 6.54 Å². The van der Waals surface area contributed by atoms with Crippen molar-refractivity contribution in [2.75, 3.05) is 13.6 Å². The Morgan fingerprint density at radius 2 is 2.00 bits per heavy atom. The molecule has 0 aromatic carbocycles. The first kappa shape index (κ1) is 14.5. The Morgan fingerprint density at radius 1 is 1.37 bits per heavy atom. The Bertz CT molecular complexity index is 490. The number of hydrogen-bond acceptors (Lipinski definition) is 4. The minimum Gasteiger partial charge on any atom is -0.335 e. The second kappa shape index (κ2) is 5.60. The van der Waals surface area contributed by atoms with Crippen LogP contribution >= 0.6 is 0 Å². The number of likely N-dealkylation sites (N-methyl/N-ethyl adjacent to an activating group) is 1. The smallest absolute Gasteiger partial charge is 0.260 e. The Morgan fingerprint density at radius 3 is 2.47 bits per heavy atom.